The van der Waals surface area contributed by atoms with E-state index in [0.29, 0.717) is 0 Å². The minimum absolute atomic E-state index is 0. The van der Waals surface area contributed by atoms with E-state index in [-0.39, 0.29) is 11.1 Å². The van der Waals surface area contributed by atoms with Crippen LogP contribution >= 0.6 is 0 Å². The van der Waals surface area contributed by atoms with Gasteiger partial charge in [0.2, 0.25) is 0 Å². The summed E-state index contributed by atoms with van der Waals surface area (Å²) in [4.78, 5) is 0. The Balaban J connectivity index is -0.000000109. The third-order valence-electron chi connectivity index (χ3n) is 0.612. The number of ether oxygens (including phenoxy) is 1. The van der Waals surface area contributed by atoms with Gasteiger partial charge in [-0.2, -0.15) is 0 Å². The maximum Gasteiger partial charge on any atom is 0.0594 e. The van der Waals surface area contributed by atoms with E-state index in [2.05, 4.69) is 11.7 Å². The van der Waals surface area contributed by atoms with Crippen LogP contribution in [0.3, 0.4) is 0 Å². The van der Waals surface area contributed by atoms with Gasteiger partial charge in [-0.05, 0) is 20.8 Å². The molecule has 0 radical (unpaired) electrons. The van der Waals surface area contributed by atoms with Gasteiger partial charge in [-0.15, -0.1) is 0 Å². The van der Waals surface area contributed by atoms with Crippen molar-refractivity contribution in [3.05, 3.63) is 0 Å². The van der Waals surface area contributed by atoms with Crippen LogP contribution in [-0.2, 0) is 4.74 Å². The zero-order chi connectivity index (χ0) is 7.21. The number of rotatable bonds is 0. The van der Waals surface area contributed by atoms with Gasteiger partial charge >= 0.3 is 0 Å². The Bertz CT molecular complexity index is 42.7. The normalized spacial score (nSPS) is 8.67. The molecule has 0 saturated carbocycles. The van der Waals surface area contributed by atoms with Crippen LogP contribution in [0.15, 0.2) is 0 Å². The van der Waals surface area contributed by atoms with E-state index < -0.39 is 0 Å². The summed E-state index contributed by atoms with van der Waals surface area (Å²) in [5.74, 6) is 8.00. The molecule has 0 aromatic rings. The van der Waals surface area contributed by atoms with Crippen LogP contribution < -0.4 is 11.7 Å². The molecule has 0 aliphatic rings. The molecule has 0 spiro atoms. The highest BCUT2D eigenvalue weighted by Gasteiger charge is 2.03. The van der Waals surface area contributed by atoms with Crippen LogP contribution in [0, 0.1) is 0 Å². The molecular formula is C5H18N2O2. The SMILES string of the molecule is COC(C)(C)C.NN.O. The minimum Gasteiger partial charge on any atom is -0.412 e. The molecule has 9 heavy (non-hydrogen) atoms. The minimum atomic E-state index is 0. The first-order chi connectivity index (χ1) is 3.56. The molecule has 0 aliphatic heterocycles. The Kier molecular flexibility index (Phi) is 13.9. The summed E-state index contributed by atoms with van der Waals surface area (Å²) in [5, 5.41) is 0. The zero-order valence-electron chi connectivity index (χ0n) is 6.56. The summed E-state index contributed by atoms with van der Waals surface area (Å²) < 4.78 is 4.94. The maximum atomic E-state index is 4.94. The van der Waals surface area contributed by atoms with Crippen molar-refractivity contribution in [2.24, 2.45) is 11.7 Å². The van der Waals surface area contributed by atoms with Gasteiger partial charge in [-0.1, -0.05) is 0 Å². The Hall–Kier alpha value is -0.160. The molecule has 0 saturated heterocycles. The largest absolute Gasteiger partial charge is 0.412 e. The standard InChI is InChI=1S/C5H12O.H4N2.H2O/c1-5(2,3)6-4;1-2;/h1-4H3;1-2H2;1H2. The van der Waals surface area contributed by atoms with Crippen molar-refractivity contribution >= 4 is 0 Å². The second-order valence-electron chi connectivity index (χ2n) is 2.32. The van der Waals surface area contributed by atoms with Crippen LogP contribution in [0.1, 0.15) is 20.8 Å². The average molecular weight is 138 g/mol. The van der Waals surface area contributed by atoms with Gasteiger partial charge < -0.3 is 10.2 Å². The summed E-state index contributed by atoms with van der Waals surface area (Å²) in [7, 11) is 1.71. The molecule has 0 atom stereocenters. The molecule has 0 aromatic carbocycles. The number of hydrazine groups is 1. The van der Waals surface area contributed by atoms with E-state index in [1.807, 2.05) is 20.8 Å². The Morgan fingerprint density at radius 3 is 1.22 bits per heavy atom. The van der Waals surface area contributed by atoms with Crippen LogP contribution in [0.2, 0.25) is 0 Å². The van der Waals surface area contributed by atoms with Crippen LogP contribution in [-0.4, -0.2) is 18.2 Å². The molecule has 0 bridgehead atoms. The molecule has 0 aliphatic carbocycles. The Morgan fingerprint density at radius 1 is 1.11 bits per heavy atom. The van der Waals surface area contributed by atoms with Crippen LogP contribution in [0.25, 0.3) is 0 Å². The smallest absolute Gasteiger partial charge is 0.0594 e. The predicted octanol–water partition coefficient (Wildman–Crippen LogP) is -0.575. The second-order valence-corrected chi connectivity index (χ2v) is 2.32. The van der Waals surface area contributed by atoms with Gasteiger partial charge in [-0.3, -0.25) is 11.7 Å². The van der Waals surface area contributed by atoms with Gasteiger partial charge in [0.25, 0.3) is 0 Å². The van der Waals surface area contributed by atoms with E-state index in [9.17, 15) is 0 Å². The van der Waals surface area contributed by atoms with E-state index in [0.717, 1.165) is 0 Å². The van der Waals surface area contributed by atoms with Crippen molar-refractivity contribution in [2.75, 3.05) is 7.11 Å². The summed E-state index contributed by atoms with van der Waals surface area (Å²) in [5.41, 5.74) is 0.0417. The molecule has 0 fully saturated rings. The molecular weight excluding hydrogens is 120 g/mol. The molecule has 6 N–H and O–H groups in total. The highest BCUT2D eigenvalue weighted by Crippen LogP contribution is 2.02. The van der Waals surface area contributed by atoms with Crippen LogP contribution in [0.4, 0.5) is 0 Å². The molecule has 0 aromatic heterocycles. The van der Waals surface area contributed by atoms with Crippen molar-refractivity contribution in [3.8, 4) is 0 Å². The zero-order valence-corrected chi connectivity index (χ0v) is 6.56. The number of hydrogen-bond acceptors (Lipinski definition) is 3. The maximum absolute atomic E-state index is 4.94. The fraction of sp³-hybridized carbons (Fsp3) is 1.00. The number of methoxy groups -OCH3 is 1. The monoisotopic (exact) mass is 138 g/mol. The molecule has 4 heteroatoms. The topological polar surface area (TPSA) is 92.8 Å². The van der Waals surface area contributed by atoms with Crippen molar-refractivity contribution in [1.29, 1.82) is 0 Å². The van der Waals surface area contributed by atoms with Crippen molar-refractivity contribution in [3.63, 3.8) is 0 Å². The molecule has 60 valence electrons. The van der Waals surface area contributed by atoms with E-state index >= 15 is 0 Å². The fourth-order valence-corrected chi connectivity index (χ4v) is 0. The van der Waals surface area contributed by atoms with E-state index in [1.54, 1.807) is 7.11 Å². The molecule has 0 heterocycles. The third kappa shape index (κ3) is 33.2. The van der Waals surface area contributed by atoms with Gasteiger partial charge in [0.05, 0.1) is 5.60 Å². The highest BCUT2D eigenvalue weighted by molar-refractivity contribution is 4.55. The predicted molar refractivity (Wildman–Crippen MR) is 38.8 cm³/mol. The van der Waals surface area contributed by atoms with Crippen molar-refractivity contribution in [1.82, 2.24) is 0 Å². The number of nitrogens with two attached hydrogens (primary N) is 2. The molecule has 0 rings (SSSR count). The van der Waals surface area contributed by atoms with Crippen molar-refractivity contribution < 1.29 is 10.2 Å². The summed E-state index contributed by atoms with van der Waals surface area (Å²) >= 11 is 0. The van der Waals surface area contributed by atoms with Crippen LogP contribution in [0.5, 0.6) is 0 Å². The lowest BCUT2D eigenvalue weighted by Gasteiger charge is -2.14. The lowest BCUT2D eigenvalue weighted by atomic mass is 10.2. The van der Waals surface area contributed by atoms with Gasteiger partial charge in [0, 0.05) is 7.11 Å². The molecule has 4 nitrogen and oxygen atoms in total. The third-order valence-corrected chi connectivity index (χ3v) is 0.612. The summed E-state index contributed by atoms with van der Waals surface area (Å²) in [6.07, 6.45) is 0. The van der Waals surface area contributed by atoms with E-state index in [1.165, 1.54) is 0 Å². The van der Waals surface area contributed by atoms with Crippen molar-refractivity contribution in [2.45, 2.75) is 26.4 Å². The fourth-order valence-electron chi connectivity index (χ4n) is 0. The summed E-state index contributed by atoms with van der Waals surface area (Å²) in [6.45, 7) is 6.06. The quantitative estimate of drug-likeness (QED) is 0.346. The average Bonchev–Trinajstić information content (AvgIpc) is 1.71. The van der Waals surface area contributed by atoms with Gasteiger partial charge in [-0.25, -0.2) is 0 Å². The lowest BCUT2D eigenvalue weighted by Crippen LogP contribution is -2.15. The Labute approximate surface area is 56.4 Å². The molecule has 0 amide bonds. The first-order valence-corrected chi connectivity index (χ1v) is 2.45. The first-order valence-electron chi connectivity index (χ1n) is 2.45. The van der Waals surface area contributed by atoms with Gasteiger partial charge in [0.15, 0.2) is 0 Å². The summed E-state index contributed by atoms with van der Waals surface area (Å²) in [6, 6.07) is 0. The number of hydrogen-bond donors (Lipinski definition) is 2. The van der Waals surface area contributed by atoms with Gasteiger partial charge in [0.1, 0.15) is 0 Å². The highest BCUT2D eigenvalue weighted by atomic mass is 16.5. The first kappa shape index (κ1) is 15.9. The second kappa shape index (κ2) is 7.84. The molecule has 0 unspecified atom stereocenters. The Morgan fingerprint density at radius 2 is 1.22 bits per heavy atom. The lowest BCUT2D eigenvalue weighted by molar-refractivity contribution is 0.0397. The van der Waals surface area contributed by atoms with E-state index in [4.69, 9.17) is 4.74 Å².